The first-order valence-corrected chi connectivity index (χ1v) is 4.86. The zero-order valence-electron chi connectivity index (χ0n) is 10.7. The van der Waals surface area contributed by atoms with Crippen molar-refractivity contribution in [3.05, 3.63) is 29.8 Å². The molecule has 8 heteroatoms. The molecule has 5 N–H and O–H groups in total. The third kappa shape index (κ3) is 7.58. The van der Waals surface area contributed by atoms with Crippen LogP contribution in [0.4, 0.5) is 5.69 Å². The summed E-state index contributed by atoms with van der Waals surface area (Å²) in [7, 11) is 0. The van der Waals surface area contributed by atoms with E-state index in [1.165, 1.54) is 19.1 Å². The van der Waals surface area contributed by atoms with E-state index in [4.69, 9.17) is 5.11 Å². The van der Waals surface area contributed by atoms with Crippen molar-refractivity contribution in [2.45, 2.75) is 6.92 Å². The van der Waals surface area contributed by atoms with Crippen LogP contribution in [0, 0.1) is 0 Å². The molecule has 0 aliphatic heterocycles. The van der Waals surface area contributed by atoms with E-state index in [1.807, 2.05) is 0 Å². The zero-order valence-corrected chi connectivity index (χ0v) is 12.7. The topological polar surface area (TPSA) is 127 Å². The molecule has 0 unspecified atom stereocenters. The minimum Gasteiger partial charge on any atom is -0.480 e. The maximum Gasteiger partial charge on any atom is 1.00 e. The van der Waals surface area contributed by atoms with Gasteiger partial charge in [0.1, 0.15) is 6.54 Å². The van der Waals surface area contributed by atoms with Gasteiger partial charge in [0, 0.05) is 18.2 Å². The van der Waals surface area contributed by atoms with Crippen LogP contribution < -0.4 is 40.2 Å². The first kappa shape index (κ1) is 19.9. The van der Waals surface area contributed by atoms with Gasteiger partial charge in [0.05, 0.1) is 0 Å². The molecule has 0 aliphatic rings. The number of carboxylic acid groups (broad SMARTS) is 1. The molecule has 0 bridgehead atoms. The fraction of sp³-hybridized carbons (Fsp3) is 0.182. The molecule has 0 saturated heterocycles. The van der Waals surface area contributed by atoms with E-state index >= 15 is 0 Å². The van der Waals surface area contributed by atoms with Gasteiger partial charge in [0.25, 0.3) is 5.91 Å². The van der Waals surface area contributed by atoms with Crippen molar-refractivity contribution in [1.82, 2.24) is 5.32 Å². The van der Waals surface area contributed by atoms with Crippen LogP contribution in [0.2, 0.25) is 0 Å². The Hall–Kier alpha value is -1.41. The Labute approximate surface area is 132 Å². The van der Waals surface area contributed by atoms with E-state index in [0.717, 1.165) is 0 Å². The predicted octanol–water partition coefficient (Wildman–Crippen LogP) is -3.36. The summed E-state index contributed by atoms with van der Waals surface area (Å²) in [5.41, 5.74) is 0.910. The Morgan fingerprint density at radius 2 is 1.68 bits per heavy atom. The maximum atomic E-state index is 11.4. The fourth-order valence-corrected chi connectivity index (χ4v) is 1.17. The fourth-order valence-electron chi connectivity index (χ4n) is 1.17. The Morgan fingerprint density at radius 3 is 2.11 bits per heavy atom. The second-order valence-corrected chi connectivity index (χ2v) is 3.33. The Morgan fingerprint density at radius 1 is 1.16 bits per heavy atom. The normalized spacial score (nSPS) is 8.47. The molecule has 0 aliphatic carbocycles. The second-order valence-electron chi connectivity index (χ2n) is 3.33. The van der Waals surface area contributed by atoms with Gasteiger partial charge in [-0.05, 0) is 24.3 Å². The second kappa shape index (κ2) is 9.51. The molecule has 98 valence electrons. The number of carbonyl (C=O) groups excluding carboxylic acids is 2. The van der Waals surface area contributed by atoms with Gasteiger partial charge in [-0.2, -0.15) is 0 Å². The van der Waals surface area contributed by atoms with Crippen LogP contribution in [-0.2, 0) is 9.59 Å². The first-order chi connectivity index (χ1) is 7.99. The molecular weight excluding hydrogens is 263 g/mol. The number of rotatable bonds is 4. The van der Waals surface area contributed by atoms with Crippen LogP contribution in [0.25, 0.3) is 0 Å². The molecule has 0 saturated carbocycles. The van der Waals surface area contributed by atoms with Gasteiger partial charge in [-0.3, -0.25) is 14.4 Å². The molecule has 0 heterocycles. The van der Waals surface area contributed by atoms with Crippen LogP contribution in [0.3, 0.4) is 0 Å². The zero-order chi connectivity index (χ0) is 12.8. The summed E-state index contributed by atoms with van der Waals surface area (Å²) in [6.45, 7) is 0.958. The SMILES string of the molecule is CC(=O)Nc1ccc(C(=O)NCC(=O)O)cc1.O.[Na+]. The van der Waals surface area contributed by atoms with Crippen LogP contribution >= 0.6 is 0 Å². The number of benzene rings is 1. The molecule has 0 atom stereocenters. The van der Waals surface area contributed by atoms with Gasteiger partial charge in [-0.1, -0.05) is 0 Å². The average Bonchev–Trinajstić information content (AvgIpc) is 2.26. The Bertz CT molecular complexity index is 447. The summed E-state index contributed by atoms with van der Waals surface area (Å²) in [4.78, 5) is 32.4. The van der Waals surface area contributed by atoms with Gasteiger partial charge in [0.2, 0.25) is 5.91 Å². The van der Waals surface area contributed by atoms with E-state index < -0.39 is 18.4 Å². The number of hydrogen-bond acceptors (Lipinski definition) is 3. The largest absolute Gasteiger partial charge is 1.00 e. The molecule has 1 aromatic rings. The van der Waals surface area contributed by atoms with Crippen molar-refractivity contribution in [3.63, 3.8) is 0 Å². The van der Waals surface area contributed by atoms with E-state index in [1.54, 1.807) is 12.1 Å². The van der Waals surface area contributed by atoms with Gasteiger partial charge in [-0.25, -0.2) is 0 Å². The molecule has 0 fully saturated rings. The van der Waals surface area contributed by atoms with Crippen molar-refractivity contribution in [2.75, 3.05) is 11.9 Å². The number of amides is 2. The molecular formula is C11H14N2NaO5+. The van der Waals surface area contributed by atoms with Crippen LogP contribution in [-0.4, -0.2) is 34.9 Å². The number of anilines is 1. The van der Waals surface area contributed by atoms with Crippen LogP contribution in [0.1, 0.15) is 17.3 Å². The maximum absolute atomic E-state index is 11.4. The third-order valence-corrected chi connectivity index (χ3v) is 1.87. The van der Waals surface area contributed by atoms with Crippen LogP contribution in [0.15, 0.2) is 24.3 Å². The molecule has 0 aromatic heterocycles. The summed E-state index contributed by atoms with van der Waals surface area (Å²) in [6, 6.07) is 6.14. The number of aliphatic carboxylic acids is 1. The van der Waals surface area contributed by atoms with Crippen molar-refractivity contribution >= 4 is 23.5 Å². The molecule has 0 radical (unpaired) electrons. The monoisotopic (exact) mass is 277 g/mol. The number of hydrogen-bond donors (Lipinski definition) is 3. The van der Waals surface area contributed by atoms with E-state index in [2.05, 4.69) is 10.6 Å². The van der Waals surface area contributed by atoms with Gasteiger partial charge < -0.3 is 21.2 Å². The number of carbonyl (C=O) groups is 3. The Kier molecular flexibility index (Phi) is 9.97. The van der Waals surface area contributed by atoms with Crippen molar-refractivity contribution < 1.29 is 54.5 Å². The predicted molar refractivity (Wildman–Crippen MR) is 64.3 cm³/mol. The van der Waals surface area contributed by atoms with Crippen molar-refractivity contribution in [1.29, 1.82) is 0 Å². The molecule has 2 amide bonds. The van der Waals surface area contributed by atoms with E-state index in [9.17, 15) is 14.4 Å². The van der Waals surface area contributed by atoms with Crippen molar-refractivity contribution in [2.24, 2.45) is 0 Å². The molecule has 1 aromatic carbocycles. The smallest absolute Gasteiger partial charge is 0.480 e. The summed E-state index contributed by atoms with van der Waals surface area (Å²) in [5.74, 6) is -1.77. The van der Waals surface area contributed by atoms with E-state index in [0.29, 0.717) is 11.3 Å². The van der Waals surface area contributed by atoms with Gasteiger partial charge in [0.15, 0.2) is 0 Å². The van der Waals surface area contributed by atoms with Gasteiger partial charge in [-0.15, -0.1) is 0 Å². The summed E-state index contributed by atoms with van der Waals surface area (Å²) >= 11 is 0. The minimum absolute atomic E-state index is 0. The number of nitrogens with one attached hydrogen (secondary N) is 2. The molecule has 7 nitrogen and oxygen atoms in total. The third-order valence-electron chi connectivity index (χ3n) is 1.87. The molecule has 1 rings (SSSR count). The van der Waals surface area contributed by atoms with E-state index in [-0.39, 0.29) is 40.9 Å². The summed E-state index contributed by atoms with van der Waals surface area (Å²) in [6.07, 6.45) is 0. The molecule has 0 spiro atoms. The van der Waals surface area contributed by atoms with Crippen LogP contribution in [0.5, 0.6) is 0 Å². The Balaban J connectivity index is 0. The minimum atomic E-state index is -1.10. The van der Waals surface area contributed by atoms with Crippen molar-refractivity contribution in [3.8, 4) is 0 Å². The standard InChI is InChI=1S/C11H12N2O4.Na.H2O/c1-7(14)13-9-4-2-8(3-5-9)11(17)12-6-10(15)16;;/h2-5H,6H2,1H3,(H,12,17)(H,13,14)(H,15,16);;1H2/q;+1;. The van der Waals surface area contributed by atoms with Gasteiger partial charge >= 0.3 is 35.5 Å². The summed E-state index contributed by atoms with van der Waals surface area (Å²) in [5, 5.41) is 13.2. The average molecular weight is 277 g/mol. The quantitative estimate of drug-likeness (QED) is 0.497. The molecule has 19 heavy (non-hydrogen) atoms. The first-order valence-electron chi connectivity index (χ1n) is 4.86. The number of carboxylic acids is 1. The summed E-state index contributed by atoms with van der Waals surface area (Å²) < 4.78 is 0.